The molecule has 36 heavy (non-hydrogen) atoms. The highest BCUT2D eigenvalue weighted by molar-refractivity contribution is 6.30. The van der Waals surface area contributed by atoms with Crippen LogP contribution in [0.4, 0.5) is 35.0 Å². The number of anilines is 3. The maximum Gasteiger partial charge on any atom is 0.416 e. The average molecular weight is 519 g/mol. The molecule has 4 aromatic rings. The number of aromatic nitrogens is 4. The van der Waals surface area contributed by atoms with E-state index < -0.39 is 23.6 Å². The van der Waals surface area contributed by atoms with Crippen LogP contribution in [0.25, 0.3) is 5.69 Å². The van der Waals surface area contributed by atoms with E-state index in [-0.39, 0.29) is 29.0 Å². The number of alkyl halides is 3. The van der Waals surface area contributed by atoms with E-state index in [1.807, 2.05) is 0 Å². The van der Waals surface area contributed by atoms with Crippen LogP contribution in [0.2, 0.25) is 5.02 Å². The molecule has 1 atom stereocenters. The van der Waals surface area contributed by atoms with E-state index in [1.54, 1.807) is 41.8 Å². The van der Waals surface area contributed by atoms with Crippen molar-refractivity contribution < 1.29 is 22.3 Å². The van der Waals surface area contributed by atoms with E-state index in [1.165, 1.54) is 30.7 Å². The number of imidazole rings is 1. The molecule has 0 amide bonds. The normalized spacial score (nSPS) is 15.4. The van der Waals surface area contributed by atoms with E-state index in [2.05, 4.69) is 20.3 Å². The number of benzene rings is 2. The van der Waals surface area contributed by atoms with Gasteiger partial charge in [-0.25, -0.2) is 14.4 Å². The Labute approximate surface area is 208 Å². The summed E-state index contributed by atoms with van der Waals surface area (Å²) in [5.41, 5.74) is 0.642. The smallest absolute Gasteiger partial charge is 0.416 e. The topological polar surface area (TPSA) is 68.1 Å². The lowest BCUT2D eigenvalue weighted by molar-refractivity contribution is -0.138. The van der Waals surface area contributed by atoms with Gasteiger partial charge in [0, 0.05) is 24.0 Å². The van der Waals surface area contributed by atoms with Crippen LogP contribution in [0.3, 0.4) is 0 Å². The molecule has 0 bridgehead atoms. The first-order chi connectivity index (χ1) is 17.1. The monoisotopic (exact) mass is 518 g/mol. The fraction of sp³-hybridized carbons (Fsp3) is 0.208. The second kappa shape index (κ2) is 8.98. The van der Waals surface area contributed by atoms with Gasteiger partial charge in [0.1, 0.15) is 12.4 Å². The molecule has 1 unspecified atom stereocenters. The molecule has 3 heterocycles. The molecule has 1 aliphatic rings. The standard InChI is InChI=1S/C24H19ClF4N6O/c1-13-10-35(12-31-13)19-6-4-15(8-18(19)26)32-23-30-9-21-22(33-23)34(2)20(11-36-21)16-7-14(25)3-5-17(16)24(27,28)29/h3-10,12,20H,11H2,1-2H3,(H,30,32,33). The predicted molar refractivity (Wildman–Crippen MR) is 127 cm³/mol. The van der Waals surface area contributed by atoms with Gasteiger partial charge >= 0.3 is 6.18 Å². The Kier molecular flexibility index (Phi) is 5.95. The van der Waals surface area contributed by atoms with Crippen LogP contribution in [0.1, 0.15) is 22.9 Å². The van der Waals surface area contributed by atoms with Gasteiger partial charge in [-0.05, 0) is 48.9 Å². The summed E-state index contributed by atoms with van der Waals surface area (Å²) in [4.78, 5) is 14.3. The molecule has 2 aromatic heterocycles. The fourth-order valence-electron chi connectivity index (χ4n) is 4.05. The van der Waals surface area contributed by atoms with Crippen LogP contribution in [-0.4, -0.2) is 33.2 Å². The molecular formula is C24H19ClF4N6O. The van der Waals surface area contributed by atoms with Gasteiger partial charge in [-0.3, -0.25) is 0 Å². The number of aryl methyl sites for hydroxylation is 1. The van der Waals surface area contributed by atoms with Crippen molar-refractivity contribution in [2.24, 2.45) is 0 Å². The van der Waals surface area contributed by atoms with Crippen molar-refractivity contribution in [2.75, 3.05) is 23.9 Å². The number of fused-ring (bicyclic) bond motifs is 1. The largest absolute Gasteiger partial charge is 0.486 e. The summed E-state index contributed by atoms with van der Waals surface area (Å²) >= 11 is 6.02. The second-order valence-corrected chi connectivity index (χ2v) is 8.70. The number of likely N-dealkylation sites (N-methyl/N-ethyl adjacent to an activating group) is 1. The minimum absolute atomic E-state index is 0.0244. The predicted octanol–water partition coefficient (Wildman–Crippen LogP) is 6.10. The Morgan fingerprint density at radius 2 is 1.94 bits per heavy atom. The lowest BCUT2D eigenvalue weighted by Gasteiger charge is -2.36. The first-order valence-corrected chi connectivity index (χ1v) is 11.1. The summed E-state index contributed by atoms with van der Waals surface area (Å²) in [5, 5.41) is 3.11. The second-order valence-electron chi connectivity index (χ2n) is 8.26. The van der Waals surface area contributed by atoms with Gasteiger partial charge in [0.05, 0.1) is 35.5 Å². The van der Waals surface area contributed by atoms with Crippen LogP contribution in [0.15, 0.2) is 55.1 Å². The first kappa shape index (κ1) is 23.9. The third kappa shape index (κ3) is 4.53. The van der Waals surface area contributed by atoms with Crippen LogP contribution < -0.4 is 15.0 Å². The Morgan fingerprint density at radius 3 is 2.64 bits per heavy atom. The van der Waals surface area contributed by atoms with Gasteiger partial charge < -0.3 is 19.5 Å². The van der Waals surface area contributed by atoms with Crippen molar-refractivity contribution in [2.45, 2.75) is 19.1 Å². The van der Waals surface area contributed by atoms with E-state index in [0.717, 1.165) is 11.8 Å². The highest BCUT2D eigenvalue weighted by Crippen LogP contribution is 2.42. The summed E-state index contributed by atoms with van der Waals surface area (Å²) in [6.07, 6.45) is 0.0718. The molecule has 1 N–H and O–H groups in total. The Hall–Kier alpha value is -3.86. The third-order valence-corrected chi connectivity index (χ3v) is 6.04. The molecule has 186 valence electrons. The van der Waals surface area contributed by atoms with E-state index in [9.17, 15) is 17.6 Å². The van der Waals surface area contributed by atoms with Crippen molar-refractivity contribution in [3.63, 3.8) is 0 Å². The zero-order chi connectivity index (χ0) is 25.6. The summed E-state index contributed by atoms with van der Waals surface area (Å²) < 4.78 is 63.0. The minimum Gasteiger partial charge on any atom is -0.486 e. The van der Waals surface area contributed by atoms with Gasteiger partial charge in [0.15, 0.2) is 11.6 Å². The number of halogens is 5. The minimum atomic E-state index is -4.56. The third-order valence-electron chi connectivity index (χ3n) is 5.81. The van der Waals surface area contributed by atoms with Gasteiger partial charge in [-0.1, -0.05) is 11.6 Å². The van der Waals surface area contributed by atoms with Crippen LogP contribution >= 0.6 is 11.6 Å². The van der Waals surface area contributed by atoms with Gasteiger partial charge in [-0.2, -0.15) is 18.2 Å². The zero-order valence-electron chi connectivity index (χ0n) is 19.0. The van der Waals surface area contributed by atoms with Crippen molar-refractivity contribution in [3.8, 4) is 11.4 Å². The fourth-order valence-corrected chi connectivity index (χ4v) is 4.23. The summed E-state index contributed by atoms with van der Waals surface area (Å²) in [7, 11) is 1.62. The lowest BCUT2D eigenvalue weighted by Crippen LogP contribution is -2.35. The summed E-state index contributed by atoms with van der Waals surface area (Å²) in [5.74, 6) is 0.226. The molecule has 0 radical (unpaired) electrons. The zero-order valence-corrected chi connectivity index (χ0v) is 19.8. The van der Waals surface area contributed by atoms with Crippen LogP contribution in [0, 0.1) is 12.7 Å². The SMILES string of the molecule is Cc1cn(-c2ccc(Nc3ncc4c(n3)N(C)C(c3cc(Cl)ccc3C(F)(F)F)CO4)cc2F)cn1. The van der Waals surface area contributed by atoms with Crippen LogP contribution in [0.5, 0.6) is 5.75 Å². The molecule has 12 heteroatoms. The van der Waals surface area contributed by atoms with E-state index >= 15 is 0 Å². The van der Waals surface area contributed by atoms with E-state index in [4.69, 9.17) is 16.3 Å². The number of nitrogens with zero attached hydrogens (tertiary/aromatic N) is 5. The molecule has 7 nitrogen and oxygen atoms in total. The van der Waals surface area contributed by atoms with E-state index in [0.29, 0.717) is 17.1 Å². The highest BCUT2D eigenvalue weighted by Gasteiger charge is 2.38. The average Bonchev–Trinajstić information content (AvgIpc) is 3.25. The van der Waals surface area contributed by atoms with Crippen molar-refractivity contribution in [1.82, 2.24) is 19.5 Å². The van der Waals surface area contributed by atoms with Crippen LogP contribution in [-0.2, 0) is 6.18 Å². The molecule has 0 aliphatic carbocycles. The molecule has 2 aromatic carbocycles. The Morgan fingerprint density at radius 1 is 1.14 bits per heavy atom. The Bertz CT molecular complexity index is 1440. The number of ether oxygens (including phenoxy) is 1. The van der Waals surface area contributed by atoms with Crippen molar-refractivity contribution >= 4 is 29.1 Å². The number of hydrogen-bond acceptors (Lipinski definition) is 6. The molecule has 0 saturated carbocycles. The van der Waals surface area contributed by atoms with Gasteiger partial charge in [0.25, 0.3) is 0 Å². The number of rotatable bonds is 4. The molecular weight excluding hydrogens is 500 g/mol. The maximum absolute atomic E-state index is 14.7. The molecule has 1 aliphatic heterocycles. The number of hydrogen-bond donors (Lipinski definition) is 1. The molecule has 0 fully saturated rings. The lowest BCUT2D eigenvalue weighted by atomic mass is 9.98. The van der Waals surface area contributed by atoms with Gasteiger partial charge in [-0.15, -0.1) is 0 Å². The molecule has 5 rings (SSSR count). The quantitative estimate of drug-likeness (QED) is 0.329. The summed E-state index contributed by atoms with van der Waals surface area (Å²) in [6.45, 7) is 1.75. The van der Waals surface area contributed by atoms with Crippen molar-refractivity contribution in [3.05, 3.63) is 82.8 Å². The molecule has 0 spiro atoms. The van der Waals surface area contributed by atoms with Gasteiger partial charge in [0.2, 0.25) is 5.95 Å². The summed E-state index contributed by atoms with van der Waals surface area (Å²) in [6, 6.07) is 7.17. The van der Waals surface area contributed by atoms with Crippen molar-refractivity contribution in [1.29, 1.82) is 0 Å². The Balaban J connectivity index is 1.42. The number of nitrogens with one attached hydrogen (secondary N) is 1. The highest BCUT2D eigenvalue weighted by atomic mass is 35.5. The maximum atomic E-state index is 14.7. The molecule has 0 saturated heterocycles. The first-order valence-electron chi connectivity index (χ1n) is 10.8.